The molecule has 1 atom stereocenters. The Morgan fingerprint density at radius 1 is 1.47 bits per heavy atom. The van der Waals surface area contributed by atoms with Crippen molar-refractivity contribution in [3.05, 3.63) is 11.6 Å². The first-order valence-corrected chi connectivity index (χ1v) is 7.46. The second-order valence-electron chi connectivity index (χ2n) is 6.07. The Morgan fingerprint density at radius 3 is 2.79 bits per heavy atom. The van der Waals surface area contributed by atoms with Crippen LogP contribution in [0.5, 0.6) is 0 Å². The van der Waals surface area contributed by atoms with Crippen LogP contribution in [0.2, 0.25) is 0 Å². The van der Waals surface area contributed by atoms with Crippen LogP contribution in [0.3, 0.4) is 0 Å². The van der Waals surface area contributed by atoms with Crippen molar-refractivity contribution in [1.29, 1.82) is 0 Å². The minimum Gasteiger partial charge on any atom is -0.469 e. The number of esters is 1. The number of carbonyl (C=O) groups is 1. The fourth-order valence-electron chi connectivity index (χ4n) is 3.15. The molecule has 3 nitrogen and oxygen atoms in total. The van der Waals surface area contributed by atoms with E-state index in [1.165, 1.54) is 45.0 Å². The molecule has 0 radical (unpaired) electrons. The average molecular weight is 264 g/mol. The van der Waals surface area contributed by atoms with Crippen LogP contribution < -0.4 is 0 Å². The van der Waals surface area contributed by atoms with Crippen molar-refractivity contribution in [1.82, 2.24) is 0 Å². The molecule has 1 fully saturated rings. The lowest BCUT2D eigenvalue weighted by Crippen LogP contribution is -2.30. The summed E-state index contributed by atoms with van der Waals surface area (Å²) in [6.45, 7) is 4.57. The minimum absolute atomic E-state index is 0.0829. The molecule has 0 bridgehead atoms. The summed E-state index contributed by atoms with van der Waals surface area (Å²) < 4.78 is 7.26. The van der Waals surface area contributed by atoms with E-state index in [1.807, 2.05) is 0 Å². The zero-order valence-electron chi connectivity index (χ0n) is 12.3. The smallest absolute Gasteiger partial charge is 0.305 e. The van der Waals surface area contributed by atoms with Gasteiger partial charge in [-0.25, -0.2) is 4.58 Å². The van der Waals surface area contributed by atoms with Gasteiger partial charge in [0.25, 0.3) is 0 Å². The summed E-state index contributed by atoms with van der Waals surface area (Å²) in [5.41, 5.74) is 1.67. The summed E-state index contributed by atoms with van der Waals surface area (Å²) in [7, 11) is 1.48. The molecule has 1 aliphatic carbocycles. The Balaban J connectivity index is 2.08. The second-order valence-corrected chi connectivity index (χ2v) is 6.07. The summed E-state index contributed by atoms with van der Waals surface area (Å²) in [6, 6.07) is 0. The fourth-order valence-corrected chi connectivity index (χ4v) is 3.15. The maximum Gasteiger partial charge on any atom is 0.305 e. The molecule has 1 heterocycles. The van der Waals surface area contributed by atoms with Crippen molar-refractivity contribution in [2.24, 2.45) is 5.41 Å². The Bertz CT molecular complexity index is 390. The van der Waals surface area contributed by atoms with Crippen LogP contribution >= 0.6 is 0 Å². The van der Waals surface area contributed by atoms with Gasteiger partial charge in [0.1, 0.15) is 19.3 Å². The third-order valence-corrected chi connectivity index (χ3v) is 4.53. The van der Waals surface area contributed by atoms with Crippen LogP contribution in [0.15, 0.2) is 11.6 Å². The van der Waals surface area contributed by atoms with E-state index in [9.17, 15) is 4.79 Å². The van der Waals surface area contributed by atoms with Gasteiger partial charge < -0.3 is 4.74 Å². The molecule has 19 heavy (non-hydrogen) atoms. The van der Waals surface area contributed by atoms with Gasteiger partial charge in [0, 0.05) is 19.3 Å². The molecule has 0 saturated carbocycles. The van der Waals surface area contributed by atoms with Gasteiger partial charge in [-0.1, -0.05) is 11.6 Å². The highest BCUT2D eigenvalue weighted by atomic mass is 16.5. The largest absolute Gasteiger partial charge is 0.469 e. The van der Waals surface area contributed by atoms with Gasteiger partial charge in [0.2, 0.25) is 0 Å². The Hall–Kier alpha value is -1.12. The first-order chi connectivity index (χ1) is 9.13. The number of methoxy groups -OCH3 is 1. The molecule has 2 rings (SSSR count). The Kier molecular flexibility index (Phi) is 4.78. The van der Waals surface area contributed by atoms with Gasteiger partial charge in [0.05, 0.1) is 12.5 Å². The summed E-state index contributed by atoms with van der Waals surface area (Å²) in [6.07, 6.45) is 12.3. The van der Waals surface area contributed by atoms with E-state index >= 15 is 0 Å². The average Bonchev–Trinajstić information content (AvgIpc) is 2.92. The number of hydrogen-bond donors (Lipinski definition) is 0. The Labute approximate surface area is 116 Å². The van der Waals surface area contributed by atoms with Gasteiger partial charge in [-0.15, -0.1) is 0 Å². The lowest BCUT2D eigenvalue weighted by molar-refractivity contribution is -0.505. The molecule has 0 amide bonds. The predicted octanol–water partition coefficient (Wildman–Crippen LogP) is 2.93. The summed E-state index contributed by atoms with van der Waals surface area (Å²) in [4.78, 5) is 11.4. The lowest BCUT2D eigenvalue weighted by Gasteiger charge is -2.30. The monoisotopic (exact) mass is 264 g/mol. The number of allylic oxidation sites excluding steroid dienone is 2. The number of rotatable bonds is 4. The van der Waals surface area contributed by atoms with Crippen LogP contribution in [-0.4, -0.2) is 37.0 Å². The number of nitrogens with zero attached hydrogens (tertiary/aromatic N) is 1. The van der Waals surface area contributed by atoms with Gasteiger partial charge in [-0.2, -0.15) is 0 Å². The standard InChI is InChI=1S/C16H26NO2/c1-14-5-8-16(9-6-14,10-7-15(18)19-2)13-17-11-3-4-12-17/h5,13H,3-4,6-12H2,1-2H3/q+1. The number of carbonyl (C=O) groups excluding carboxylic acids is 1. The van der Waals surface area contributed by atoms with Crippen LogP contribution in [0, 0.1) is 5.41 Å². The highest BCUT2D eigenvalue weighted by molar-refractivity contribution is 5.70. The van der Waals surface area contributed by atoms with Gasteiger partial charge in [-0.3, -0.25) is 4.79 Å². The second kappa shape index (κ2) is 6.36. The van der Waals surface area contributed by atoms with Crippen molar-refractivity contribution in [3.63, 3.8) is 0 Å². The van der Waals surface area contributed by atoms with Gasteiger partial charge >= 0.3 is 5.97 Å². The summed E-state index contributed by atoms with van der Waals surface area (Å²) >= 11 is 0. The first kappa shape index (κ1) is 14.3. The molecule has 1 unspecified atom stereocenters. The van der Waals surface area contributed by atoms with E-state index < -0.39 is 0 Å². The van der Waals surface area contributed by atoms with Crippen molar-refractivity contribution in [2.75, 3.05) is 20.2 Å². The molecule has 2 aliphatic rings. The van der Waals surface area contributed by atoms with Crippen molar-refractivity contribution in [3.8, 4) is 0 Å². The highest BCUT2D eigenvalue weighted by Crippen LogP contribution is 2.38. The molecule has 0 aromatic heterocycles. The van der Waals surface area contributed by atoms with E-state index in [2.05, 4.69) is 23.8 Å². The first-order valence-electron chi connectivity index (χ1n) is 7.46. The van der Waals surface area contributed by atoms with Crippen molar-refractivity contribution >= 4 is 12.2 Å². The minimum atomic E-state index is -0.0829. The molecule has 0 N–H and O–H groups in total. The van der Waals surface area contributed by atoms with Gasteiger partial charge in [0.15, 0.2) is 0 Å². The molecule has 1 saturated heterocycles. The van der Waals surface area contributed by atoms with Gasteiger partial charge in [-0.05, 0) is 32.6 Å². The molecule has 106 valence electrons. The molecule has 0 aromatic rings. The molecule has 3 heteroatoms. The normalized spacial score (nSPS) is 27.1. The van der Waals surface area contributed by atoms with E-state index in [0.717, 1.165) is 19.3 Å². The van der Waals surface area contributed by atoms with Crippen molar-refractivity contribution in [2.45, 2.75) is 51.9 Å². The lowest BCUT2D eigenvalue weighted by atomic mass is 9.73. The molecule has 0 aromatic carbocycles. The maximum atomic E-state index is 11.4. The molecule has 0 spiro atoms. The van der Waals surface area contributed by atoms with E-state index in [4.69, 9.17) is 4.74 Å². The number of ether oxygens (including phenoxy) is 1. The number of hydrogen-bond acceptors (Lipinski definition) is 2. The quantitative estimate of drug-likeness (QED) is 0.444. The third-order valence-electron chi connectivity index (χ3n) is 4.53. The SMILES string of the molecule is COC(=O)CCC1(C=[N+]2CCCC2)CC=C(C)CC1. The third kappa shape index (κ3) is 3.92. The molecular formula is C16H26NO2+. The maximum absolute atomic E-state index is 11.4. The van der Waals surface area contributed by atoms with Crippen LogP contribution in [0.25, 0.3) is 0 Å². The topological polar surface area (TPSA) is 29.3 Å². The molecule has 1 aliphatic heterocycles. The predicted molar refractivity (Wildman–Crippen MR) is 76.6 cm³/mol. The van der Waals surface area contributed by atoms with Crippen LogP contribution in [0.1, 0.15) is 51.9 Å². The van der Waals surface area contributed by atoms with E-state index in [1.54, 1.807) is 0 Å². The zero-order chi connectivity index (χ0) is 13.7. The van der Waals surface area contributed by atoms with Crippen molar-refractivity contribution < 1.29 is 14.1 Å². The zero-order valence-corrected chi connectivity index (χ0v) is 12.3. The van der Waals surface area contributed by atoms with Crippen LogP contribution in [-0.2, 0) is 9.53 Å². The van der Waals surface area contributed by atoms with E-state index in [0.29, 0.717) is 6.42 Å². The summed E-state index contributed by atoms with van der Waals surface area (Å²) in [5, 5.41) is 0. The Morgan fingerprint density at radius 2 is 2.21 bits per heavy atom. The highest BCUT2D eigenvalue weighted by Gasteiger charge is 2.34. The summed E-state index contributed by atoms with van der Waals surface area (Å²) in [5.74, 6) is -0.0829. The van der Waals surface area contributed by atoms with Crippen LogP contribution in [0.4, 0.5) is 0 Å². The molecular weight excluding hydrogens is 238 g/mol. The van der Waals surface area contributed by atoms with E-state index in [-0.39, 0.29) is 11.4 Å². The fraction of sp³-hybridized carbons (Fsp3) is 0.750.